The molecule has 0 aliphatic heterocycles. The molecule has 0 aliphatic carbocycles. The summed E-state index contributed by atoms with van der Waals surface area (Å²) in [5.74, 6) is -0.358. The highest BCUT2D eigenvalue weighted by Gasteiger charge is 1.69. The summed E-state index contributed by atoms with van der Waals surface area (Å²) >= 11 is 0. The maximum Gasteiger partial charge on any atom is 0.236 e. The van der Waals surface area contributed by atoms with Crippen LogP contribution < -0.4 is 5.73 Å². The molecule has 0 unspecified atom stereocenters. The van der Waals surface area contributed by atoms with Gasteiger partial charge in [0.2, 0.25) is 5.91 Å². The second-order valence-electron chi connectivity index (χ2n) is 0.606. The zero-order valence-corrected chi connectivity index (χ0v) is 4.18. The van der Waals surface area contributed by atoms with Gasteiger partial charge in [-0.15, -0.1) is 0 Å². The molecule has 0 aromatic heterocycles. The quantitative estimate of drug-likeness (QED) is 0.366. The van der Waals surface area contributed by atoms with E-state index in [2.05, 4.69) is 5.73 Å². The maximum atomic E-state index is 9.54. The number of amides is 1. The Morgan fingerprint density at radius 1 is 2.00 bits per heavy atom. The molecule has 0 aliphatic rings. The molecule has 0 heterocycles. The van der Waals surface area contributed by atoms with Crippen molar-refractivity contribution in [2.24, 2.45) is 5.73 Å². The van der Waals surface area contributed by atoms with Crippen LogP contribution in [-0.2, 0) is 4.79 Å². The highest BCUT2D eigenvalue weighted by Crippen LogP contribution is 1.29. The SMILES string of the molecule is NC(=O)C=[SiH2]. The summed E-state index contributed by atoms with van der Waals surface area (Å²) in [7, 11) is 1.43. The van der Waals surface area contributed by atoms with Gasteiger partial charge in [0.25, 0.3) is 0 Å². The summed E-state index contributed by atoms with van der Waals surface area (Å²) in [4.78, 5) is 9.54. The van der Waals surface area contributed by atoms with Gasteiger partial charge in [0, 0.05) is 0 Å². The largest absolute Gasteiger partial charge is 0.366 e. The predicted octanol–water partition coefficient (Wildman–Crippen LogP) is -2.09. The molecule has 0 radical (unpaired) electrons. The van der Waals surface area contributed by atoms with E-state index < -0.39 is 0 Å². The first-order chi connectivity index (χ1) is 2.27. The van der Waals surface area contributed by atoms with Crippen molar-refractivity contribution < 1.29 is 4.79 Å². The van der Waals surface area contributed by atoms with E-state index in [-0.39, 0.29) is 5.91 Å². The van der Waals surface area contributed by atoms with Gasteiger partial charge in [0.1, 0.15) is 0 Å². The fourth-order valence-electron chi connectivity index (χ4n) is 0. The molecule has 0 fully saturated rings. The van der Waals surface area contributed by atoms with Gasteiger partial charge >= 0.3 is 0 Å². The van der Waals surface area contributed by atoms with Gasteiger partial charge in [-0.1, -0.05) is 0 Å². The monoisotopic (exact) mass is 87.0 g/mol. The van der Waals surface area contributed by atoms with Gasteiger partial charge in [-0.05, 0) is 15.5 Å². The molecule has 2 N–H and O–H groups in total. The van der Waals surface area contributed by atoms with E-state index in [0.717, 1.165) is 0 Å². The lowest BCUT2D eigenvalue weighted by Crippen LogP contribution is -2.10. The second-order valence-corrected chi connectivity index (χ2v) is 1.01. The average molecular weight is 87.2 g/mol. The third-order valence-corrected chi connectivity index (χ3v) is 0.604. The third kappa shape index (κ3) is 3.56. The van der Waals surface area contributed by atoms with Crippen LogP contribution in [0.1, 0.15) is 0 Å². The van der Waals surface area contributed by atoms with E-state index in [1.807, 2.05) is 0 Å². The predicted molar refractivity (Wildman–Crippen MR) is 23.8 cm³/mol. The van der Waals surface area contributed by atoms with E-state index in [1.165, 1.54) is 15.5 Å². The molecule has 28 valence electrons. The van der Waals surface area contributed by atoms with Gasteiger partial charge in [-0.3, -0.25) is 4.79 Å². The molecule has 5 heavy (non-hydrogen) atoms. The van der Waals surface area contributed by atoms with E-state index in [1.54, 1.807) is 0 Å². The molecular weight excluding hydrogens is 82.1 g/mol. The zero-order chi connectivity index (χ0) is 4.28. The first-order valence-electron chi connectivity index (χ1n) is 1.19. The van der Waals surface area contributed by atoms with Crippen LogP contribution in [0.5, 0.6) is 0 Å². The van der Waals surface area contributed by atoms with Crippen molar-refractivity contribution in [2.45, 2.75) is 0 Å². The molecule has 0 aromatic carbocycles. The van der Waals surface area contributed by atoms with Gasteiger partial charge in [0.15, 0.2) is 0 Å². The number of primary amides is 1. The lowest BCUT2D eigenvalue weighted by molar-refractivity contribution is -0.111. The summed E-state index contributed by atoms with van der Waals surface area (Å²) in [5.41, 5.74) is 5.94. The minimum atomic E-state index is -0.358. The van der Waals surface area contributed by atoms with Crippen LogP contribution in [0.25, 0.3) is 0 Å². The van der Waals surface area contributed by atoms with Crippen molar-refractivity contribution in [2.75, 3.05) is 0 Å². The molecule has 3 heteroatoms. The van der Waals surface area contributed by atoms with Crippen LogP contribution in [0, 0.1) is 0 Å². The zero-order valence-electron chi connectivity index (χ0n) is 2.77. The Labute approximate surface area is 33.0 Å². The Kier molecular flexibility index (Phi) is 1.68. The minimum Gasteiger partial charge on any atom is -0.366 e. The Morgan fingerprint density at radius 3 is 2.20 bits per heavy atom. The van der Waals surface area contributed by atoms with Crippen LogP contribution in [0.15, 0.2) is 0 Å². The highest BCUT2D eigenvalue weighted by molar-refractivity contribution is 6.51. The summed E-state index contributed by atoms with van der Waals surface area (Å²) < 4.78 is 0. The molecule has 0 aromatic rings. The van der Waals surface area contributed by atoms with Crippen molar-refractivity contribution in [1.29, 1.82) is 0 Å². The molecule has 0 bridgehead atoms. The fraction of sp³-hybridized carbons (Fsp3) is 0. The number of hydrogen-bond acceptors (Lipinski definition) is 1. The van der Waals surface area contributed by atoms with E-state index in [9.17, 15) is 4.79 Å². The Bertz CT molecular complexity index is 60.7. The number of nitrogens with two attached hydrogens (primary N) is 1. The lowest BCUT2D eigenvalue weighted by atomic mass is 10.8. The first kappa shape index (κ1) is 4.56. The Balaban J connectivity index is 3.20. The van der Waals surface area contributed by atoms with E-state index in [0.29, 0.717) is 0 Å². The standard InChI is InChI=1S/C2H5NOSi/c3-2(4)1-5/h1H,5H2,(H2,3,4). The maximum absolute atomic E-state index is 9.54. The van der Waals surface area contributed by atoms with Crippen molar-refractivity contribution in [3.05, 3.63) is 0 Å². The van der Waals surface area contributed by atoms with Gasteiger partial charge in [-0.25, -0.2) is 0 Å². The van der Waals surface area contributed by atoms with Crippen LogP contribution in [0.2, 0.25) is 0 Å². The van der Waals surface area contributed by atoms with Gasteiger partial charge in [-0.2, -0.15) is 0 Å². The highest BCUT2D eigenvalue weighted by atomic mass is 28.1. The van der Waals surface area contributed by atoms with Gasteiger partial charge < -0.3 is 5.73 Å². The fourth-order valence-corrected chi connectivity index (χ4v) is 0. The van der Waals surface area contributed by atoms with Crippen molar-refractivity contribution in [3.63, 3.8) is 0 Å². The lowest BCUT2D eigenvalue weighted by Gasteiger charge is -1.65. The number of hydrogen-bond donors (Lipinski definition) is 1. The van der Waals surface area contributed by atoms with Crippen LogP contribution in [0.4, 0.5) is 0 Å². The molecule has 0 spiro atoms. The molecule has 0 rings (SSSR count). The van der Waals surface area contributed by atoms with E-state index in [4.69, 9.17) is 0 Å². The van der Waals surface area contributed by atoms with Crippen molar-refractivity contribution in [3.8, 4) is 0 Å². The summed E-state index contributed by atoms with van der Waals surface area (Å²) in [6.45, 7) is 0. The number of carbonyl (C=O) groups excluding carboxylic acids is 1. The van der Waals surface area contributed by atoms with Crippen molar-refractivity contribution >= 4 is 21.4 Å². The molecule has 0 saturated heterocycles. The Morgan fingerprint density at radius 2 is 2.20 bits per heavy atom. The number of rotatable bonds is 1. The van der Waals surface area contributed by atoms with Crippen LogP contribution in [-0.4, -0.2) is 21.4 Å². The number of carbonyl (C=O) groups is 1. The topological polar surface area (TPSA) is 43.1 Å². The van der Waals surface area contributed by atoms with E-state index >= 15 is 0 Å². The first-order valence-corrected chi connectivity index (χ1v) is 2.01. The Hall–Kier alpha value is -0.443. The molecule has 0 saturated carbocycles. The average Bonchev–Trinajstić information content (AvgIpc) is 1.38. The summed E-state index contributed by atoms with van der Waals surface area (Å²) in [6, 6.07) is 0. The summed E-state index contributed by atoms with van der Waals surface area (Å²) in [5, 5.41) is 0. The minimum absolute atomic E-state index is 0.358. The van der Waals surface area contributed by atoms with Gasteiger partial charge in [0.05, 0.1) is 0 Å². The third-order valence-electron chi connectivity index (χ3n) is 0.201. The van der Waals surface area contributed by atoms with Crippen LogP contribution >= 0.6 is 0 Å². The molecule has 2 nitrogen and oxygen atoms in total. The molecule has 1 amide bonds. The van der Waals surface area contributed by atoms with Crippen molar-refractivity contribution in [1.82, 2.24) is 0 Å². The molecular formula is C2H5NOSi. The normalized spacial score (nSPS) is 6.40. The second kappa shape index (κ2) is 1.84. The van der Waals surface area contributed by atoms with Crippen LogP contribution in [0.3, 0.4) is 0 Å². The summed E-state index contributed by atoms with van der Waals surface area (Å²) in [6.07, 6.45) is 0. The molecule has 0 atom stereocenters. The smallest absolute Gasteiger partial charge is 0.236 e.